The number of hydrogen-bond donors (Lipinski definition) is 2. The molecule has 1 unspecified atom stereocenters. The zero-order valence-corrected chi connectivity index (χ0v) is 16.1. The van der Waals surface area contributed by atoms with Gasteiger partial charge in [-0.05, 0) is 41.3 Å². The van der Waals surface area contributed by atoms with E-state index in [9.17, 15) is 9.90 Å². The van der Waals surface area contributed by atoms with Gasteiger partial charge in [0, 0.05) is 30.3 Å². The first-order valence-electron chi connectivity index (χ1n) is 9.63. The molecule has 4 aromatic rings. The van der Waals surface area contributed by atoms with Crippen LogP contribution in [-0.2, 0) is 13.0 Å². The van der Waals surface area contributed by atoms with Crippen LogP contribution in [0.1, 0.15) is 35.3 Å². The number of aromatic nitrogens is 1. The Morgan fingerprint density at radius 3 is 2.55 bits per heavy atom. The topological polar surface area (TPSA) is 75.4 Å². The summed E-state index contributed by atoms with van der Waals surface area (Å²) >= 11 is 0. The SMILES string of the molecule is CCc1cc2c(CNC(c3ccccc3)c3ccccn3)cc(=O)oc2cc1O. The summed E-state index contributed by atoms with van der Waals surface area (Å²) in [6.07, 6.45) is 2.46. The van der Waals surface area contributed by atoms with Gasteiger partial charge in [-0.1, -0.05) is 43.3 Å². The number of hydrogen-bond acceptors (Lipinski definition) is 5. The van der Waals surface area contributed by atoms with Crippen molar-refractivity contribution in [3.05, 3.63) is 106 Å². The number of benzene rings is 2. The Hall–Kier alpha value is -3.44. The highest BCUT2D eigenvalue weighted by atomic mass is 16.4. The molecular formula is C24H22N2O3. The maximum absolute atomic E-state index is 12.1. The lowest BCUT2D eigenvalue weighted by molar-refractivity contribution is 0.466. The van der Waals surface area contributed by atoms with E-state index in [-0.39, 0.29) is 11.8 Å². The summed E-state index contributed by atoms with van der Waals surface area (Å²) in [5.41, 5.74) is 3.58. The van der Waals surface area contributed by atoms with Crippen LogP contribution in [0, 0.1) is 0 Å². The fourth-order valence-electron chi connectivity index (χ4n) is 3.53. The van der Waals surface area contributed by atoms with Gasteiger partial charge in [-0.2, -0.15) is 0 Å². The first-order valence-corrected chi connectivity index (χ1v) is 9.63. The minimum atomic E-state index is -0.438. The van der Waals surface area contributed by atoms with Crippen LogP contribution in [-0.4, -0.2) is 10.1 Å². The van der Waals surface area contributed by atoms with Gasteiger partial charge in [0.05, 0.1) is 11.7 Å². The molecule has 0 fully saturated rings. The Labute approximate surface area is 168 Å². The van der Waals surface area contributed by atoms with Crippen LogP contribution >= 0.6 is 0 Å². The van der Waals surface area contributed by atoms with Crippen molar-refractivity contribution in [3.8, 4) is 5.75 Å². The average Bonchev–Trinajstić information content (AvgIpc) is 2.75. The Morgan fingerprint density at radius 1 is 1.03 bits per heavy atom. The van der Waals surface area contributed by atoms with Crippen LogP contribution in [0.5, 0.6) is 5.75 Å². The van der Waals surface area contributed by atoms with Crippen molar-refractivity contribution in [1.29, 1.82) is 0 Å². The first-order chi connectivity index (χ1) is 14.2. The molecule has 146 valence electrons. The lowest BCUT2D eigenvalue weighted by atomic mass is 10.0. The van der Waals surface area contributed by atoms with E-state index in [4.69, 9.17) is 4.42 Å². The van der Waals surface area contributed by atoms with Gasteiger partial charge in [-0.15, -0.1) is 0 Å². The molecule has 2 aromatic heterocycles. The van der Waals surface area contributed by atoms with E-state index in [0.29, 0.717) is 18.5 Å². The second-order valence-corrected chi connectivity index (χ2v) is 6.90. The van der Waals surface area contributed by atoms with E-state index in [1.807, 2.05) is 49.4 Å². The molecule has 0 aliphatic heterocycles. The van der Waals surface area contributed by atoms with Gasteiger partial charge in [-0.25, -0.2) is 4.79 Å². The summed E-state index contributed by atoms with van der Waals surface area (Å²) in [5, 5.41) is 14.5. The Bertz CT molecular complexity index is 1130. The minimum Gasteiger partial charge on any atom is -0.508 e. The van der Waals surface area contributed by atoms with Crippen molar-refractivity contribution in [2.75, 3.05) is 0 Å². The largest absolute Gasteiger partial charge is 0.508 e. The lowest BCUT2D eigenvalue weighted by Gasteiger charge is -2.19. The van der Waals surface area contributed by atoms with Crippen molar-refractivity contribution in [2.45, 2.75) is 25.9 Å². The second kappa shape index (κ2) is 8.29. The second-order valence-electron chi connectivity index (χ2n) is 6.90. The standard InChI is InChI=1S/C24H22N2O3/c1-2-16-12-19-18(13-23(28)29-22(19)14-21(16)27)15-26-24(17-8-4-3-5-9-17)20-10-6-7-11-25-20/h3-14,24,26-27H,2,15H2,1H3. The van der Waals surface area contributed by atoms with Crippen LogP contribution in [0.2, 0.25) is 0 Å². The van der Waals surface area contributed by atoms with Gasteiger partial charge in [0.25, 0.3) is 0 Å². The van der Waals surface area contributed by atoms with Crippen molar-refractivity contribution in [3.63, 3.8) is 0 Å². The highest BCUT2D eigenvalue weighted by molar-refractivity contribution is 5.82. The van der Waals surface area contributed by atoms with E-state index in [2.05, 4.69) is 22.4 Å². The maximum Gasteiger partial charge on any atom is 0.336 e. The number of phenolic OH excluding ortho intramolecular Hbond substituents is 1. The zero-order chi connectivity index (χ0) is 20.2. The summed E-state index contributed by atoms with van der Waals surface area (Å²) in [7, 11) is 0. The summed E-state index contributed by atoms with van der Waals surface area (Å²) in [4.78, 5) is 16.6. The van der Waals surface area contributed by atoms with Gasteiger partial charge in [0.15, 0.2) is 0 Å². The van der Waals surface area contributed by atoms with E-state index >= 15 is 0 Å². The fourth-order valence-corrected chi connectivity index (χ4v) is 3.53. The van der Waals surface area contributed by atoms with Gasteiger partial charge in [0.2, 0.25) is 0 Å². The molecule has 0 radical (unpaired) electrons. The van der Waals surface area contributed by atoms with E-state index < -0.39 is 5.63 Å². The quantitative estimate of drug-likeness (QED) is 0.482. The Morgan fingerprint density at radius 2 is 1.83 bits per heavy atom. The molecule has 0 bridgehead atoms. The lowest BCUT2D eigenvalue weighted by Crippen LogP contribution is -2.23. The van der Waals surface area contributed by atoms with Crippen LogP contribution < -0.4 is 10.9 Å². The molecule has 2 aromatic carbocycles. The van der Waals surface area contributed by atoms with Crippen LogP contribution in [0.15, 0.2) is 82.1 Å². The van der Waals surface area contributed by atoms with Crippen molar-refractivity contribution in [2.24, 2.45) is 0 Å². The molecule has 2 N–H and O–H groups in total. The maximum atomic E-state index is 12.1. The van der Waals surface area contributed by atoms with Crippen molar-refractivity contribution >= 4 is 11.0 Å². The third-order valence-corrected chi connectivity index (χ3v) is 5.02. The van der Waals surface area contributed by atoms with Crippen molar-refractivity contribution in [1.82, 2.24) is 10.3 Å². The minimum absolute atomic E-state index is 0.123. The average molecular weight is 386 g/mol. The molecular weight excluding hydrogens is 364 g/mol. The molecule has 1 atom stereocenters. The predicted octanol–water partition coefficient (Wildman–Crippen LogP) is 4.34. The van der Waals surface area contributed by atoms with Gasteiger partial charge in [0.1, 0.15) is 11.3 Å². The molecule has 0 aliphatic rings. The van der Waals surface area contributed by atoms with Crippen molar-refractivity contribution < 1.29 is 9.52 Å². The number of phenols is 1. The fraction of sp³-hybridized carbons (Fsp3) is 0.167. The summed E-state index contributed by atoms with van der Waals surface area (Å²) in [6.45, 7) is 2.43. The molecule has 0 saturated heterocycles. The Balaban J connectivity index is 1.72. The number of nitrogens with one attached hydrogen (secondary N) is 1. The third-order valence-electron chi connectivity index (χ3n) is 5.02. The molecule has 0 aliphatic carbocycles. The van der Waals surface area contributed by atoms with Crippen LogP contribution in [0.4, 0.5) is 0 Å². The normalized spacial score (nSPS) is 12.2. The number of aromatic hydroxyl groups is 1. The smallest absolute Gasteiger partial charge is 0.336 e. The van der Waals surface area contributed by atoms with Gasteiger partial charge >= 0.3 is 5.63 Å². The molecule has 4 rings (SSSR count). The summed E-state index contributed by atoms with van der Waals surface area (Å²) in [5.74, 6) is 0.143. The van der Waals surface area contributed by atoms with Gasteiger partial charge in [-0.3, -0.25) is 4.98 Å². The molecule has 0 saturated carbocycles. The molecule has 5 heteroatoms. The third kappa shape index (κ3) is 4.05. The number of fused-ring (bicyclic) bond motifs is 1. The number of rotatable bonds is 6. The highest BCUT2D eigenvalue weighted by Gasteiger charge is 2.16. The predicted molar refractivity (Wildman–Crippen MR) is 113 cm³/mol. The number of pyridine rings is 1. The van der Waals surface area contributed by atoms with Crippen LogP contribution in [0.3, 0.4) is 0 Å². The highest BCUT2D eigenvalue weighted by Crippen LogP contribution is 2.28. The molecule has 0 spiro atoms. The molecule has 2 heterocycles. The zero-order valence-electron chi connectivity index (χ0n) is 16.1. The number of aryl methyl sites for hydroxylation is 1. The number of nitrogens with zero attached hydrogens (tertiary/aromatic N) is 1. The van der Waals surface area contributed by atoms with E-state index in [1.165, 1.54) is 12.1 Å². The summed E-state index contributed by atoms with van der Waals surface area (Å²) < 4.78 is 5.30. The van der Waals surface area contributed by atoms with E-state index in [1.54, 1.807) is 6.20 Å². The van der Waals surface area contributed by atoms with E-state index in [0.717, 1.165) is 27.8 Å². The summed E-state index contributed by atoms with van der Waals surface area (Å²) in [6, 6.07) is 20.7. The molecule has 5 nitrogen and oxygen atoms in total. The molecule has 0 amide bonds. The van der Waals surface area contributed by atoms with Gasteiger partial charge < -0.3 is 14.8 Å². The Kier molecular flexibility index (Phi) is 5.40. The molecule has 29 heavy (non-hydrogen) atoms. The monoisotopic (exact) mass is 386 g/mol. The van der Waals surface area contributed by atoms with Crippen LogP contribution in [0.25, 0.3) is 11.0 Å². The first kappa shape index (κ1) is 18.9.